The Hall–Kier alpha value is -1.31. The molecule has 0 heterocycles. The summed E-state index contributed by atoms with van der Waals surface area (Å²) in [6.45, 7) is 0. The van der Waals surface area contributed by atoms with Gasteiger partial charge >= 0.3 is 0 Å². The van der Waals surface area contributed by atoms with E-state index < -0.39 is 10.0 Å². The molecule has 1 aromatic carbocycles. The van der Waals surface area contributed by atoms with Crippen LogP contribution in [0, 0.1) is 0 Å². The van der Waals surface area contributed by atoms with E-state index in [1.54, 1.807) is 18.2 Å². The zero-order valence-electron chi connectivity index (χ0n) is 13.0. The Bertz CT molecular complexity index is 581. The highest BCUT2D eigenvalue weighted by molar-refractivity contribution is 7.88. The Morgan fingerprint density at radius 2 is 1.77 bits per heavy atom. The normalized spacial score (nSPS) is 22.3. The summed E-state index contributed by atoms with van der Waals surface area (Å²) in [6, 6.07) is 4.89. The van der Waals surface area contributed by atoms with Gasteiger partial charge in [0.05, 0.1) is 25.5 Å². The Kier molecular flexibility index (Phi) is 5.66. The van der Waals surface area contributed by atoms with Gasteiger partial charge in [-0.05, 0) is 25.0 Å². The van der Waals surface area contributed by atoms with Crippen molar-refractivity contribution in [2.75, 3.05) is 14.2 Å². The van der Waals surface area contributed by atoms with Gasteiger partial charge in [-0.1, -0.05) is 18.9 Å². The van der Waals surface area contributed by atoms with Crippen LogP contribution in [0.5, 0.6) is 11.5 Å². The molecule has 1 fully saturated rings. The predicted octanol–water partition coefficient (Wildman–Crippen LogP) is 1.39. The molecule has 7 heteroatoms. The minimum Gasteiger partial charge on any atom is -0.496 e. The fourth-order valence-electron chi connectivity index (χ4n) is 2.84. The molecule has 2 atom stereocenters. The zero-order chi connectivity index (χ0) is 16.2. The molecule has 3 N–H and O–H groups in total. The molecule has 0 aromatic heterocycles. The highest BCUT2D eigenvalue weighted by Gasteiger charge is 2.27. The number of ether oxygens (including phenoxy) is 2. The first-order chi connectivity index (χ1) is 10.5. The van der Waals surface area contributed by atoms with Crippen molar-refractivity contribution in [2.45, 2.75) is 43.5 Å². The minimum absolute atomic E-state index is 0.122. The number of hydrogen-bond acceptors (Lipinski definition) is 5. The van der Waals surface area contributed by atoms with Crippen LogP contribution in [0.25, 0.3) is 0 Å². The first-order valence-corrected chi connectivity index (χ1v) is 9.07. The summed E-state index contributed by atoms with van der Waals surface area (Å²) < 4.78 is 38.2. The molecular weight excluding hydrogens is 304 g/mol. The number of rotatable bonds is 6. The third-order valence-electron chi connectivity index (χ3n) is 4.01. The van der Waals surface area contributed by atoms with Gasteiger partial charge in [0.1, 0.15) is 11.5 Å². The number of nitrogens with two attached hydrogens (primary N) is 1. The van der Waals surface area contributed by atoms with Crippen molar-refractivity contribution in [3.8, 4) is 11.5 Å². The molecular formula is C15H24N2O4S. The molecule has 0 saturated heterocycles. The topological polar surface area (TPSA) is 90.6 Å². The summed E-state index contributed by atoms with van der Waals surface area (Å²) in [7, 11) is -0.504. The quantitative estimate of drug-likeness (QED) is 0.823. The summed E-state index contributed by atoms with van der Waals surface area (Å²) in [6.07, 6.45) is 3.69. The molecule has 0 spiro atoms. The van der Waals surface area contributed by atoms with Gasteiger partial charge in [-0.15, -0.1) is 0 Å². The van der Waals surface area contributed by atoms with Gasteiger partial charge in [0.25, 0.3) is 0 Å². The maximum Gasteiger partial charge on any atom is 0.216 e. The monoisotopic (exact) mass is 328 g/mol. The minimum atomic E-state index is -3.52. The van der Waals surface area contributed by atoms with Crippen molar-refractivity contribution in [2.24, 2.45) is 5.73 Å². The highest BCUT2D eigenvalue weighted by Crippen LogP contribution is 2.30. The Balaban J connectivity index is 2.18. The molecule has 1 saturated carbocycles. The first-order valence-electron chi connectivity index (χ1n) is 7.42. The lowest BCUT2D eigenvalue weighted by Crippen LogP contribution is -2.49. The molecule has 124 valence electrons. The summed E-state index contributed by atoms with van der Waals surface area (Å²) in [5.41, 5.74) is 6.53. The molecule has 1 aliphatic carbocycles. The molecule has 1 aromatic rings. The summed E-state index contributed by atoms with van der Waals surface area (Å²) in [4.78, 5) is 0. The van der Waals surface area contributed by atoms with Crippen molar-refractivity contribution < 1.29 is 17.9 Å². The fraction of sp³-hybridized carbons (Fsp3) is 0.600. The smallest absolute Gasteiger partial charge is 0.216 e. The Morgan fingerprint density at radius 3 is 2.32 bits per heavy atom. The second kappa shape index (κ2) is 7.30. The lowest BCUT2D eigenvalue weighted by atomic mass is 9.92. The molecule has 2 unspecified atom stereocenters. The third kappa shape index (κ3) is 4.12. The lowest BCUT2D eigenvalue weighted by Gasteiger charge is -2.29. The molecule has 1 aliphatic rings. The van der Waals surface area contributed by atoms with E-state index in [9.17, 15) is 8.42 Å². The van der Waals surface area contributed by atoms with Crippen molar-refractivity contribution >= 4 is 10.0 Å². The summed E-state index contributed by atoms with van der Waals surface area (Å²) in [5, 5.41) is 0. The third-order valence-corrected chi connectivity index (χ3v) is 5.35. The first kappa shape index (κ1) is 17.1. The molecule has 0 aliphatic heterocycles. The van der Waals surface area contributed by atoms with Gasteiger partial charge in [-0.25, -0.2) is 13.1 Å². The molecule has 0 bridgehead atoms. The average molecular weight is 328 g/mol. The van der Waals surface area contributed by atoms with Gasteiger partial charge < -0.3 is 15.2 Å². The van der Waals surface area contributed by atoms with E-state index in [1.165, 1.54) is 14.2 Å². The van der Waals surface area contributed by atoms with Crippen LogP contribution in [0.3, 0.4) is 0 Å². The van der Waals surface area contributed by atoms with Gasteiger partial charge in [0, 0.05) is 12.1 Å². The van der Waals surface area contributed by atoms with E-state index in [0.717, 1.165) is 25.7 Å². The van der Waals surface area contributed by atoms with Crippen molar-refractivity contribution in [3.05, 3.63) is 23.8 Å². The highest BCUT2D eigenvalue weighted by atomic mass is 32.2. The Labute approximate surface area is 132 Å². The standard InChI is InChI=1S/C15H24N2O4S/c1-20-14-8-5-9-15(21-2)11(14)10-22(18,19)17-13-7-4-3-6-12(13)16/h5,8-9,12-13,17H,3-4,6-7,10,16H2,1-2H3. The van der Waals surface area contributed by atoms with Crippen molar-refractivity contribution in [3.63, 3.8) is 0 Å². The van der Waals surface area contributed by atoms with Crippen molar-refractivity contribution in [1.29, 1.82) is 0 Å². The van der Waals surface area contributed by atoms with Crippen LogP contribution in [0.2, 0.25) is 0 Å². The number of sulfonamides is 1. The summed E-state index contributed by atoms with van der Waals surface area (Å²) >= 11 is 0. The summed E-state index contributed by atoms with van der Waals surface area (Å²) in [5.74, 6) is 0.805. The SMILES string of the molecule is COc1cccc(OC)c1CS(=O)(=O)NC1CCCCC1N. The van der Waals surface area contributed by atoms with E-state index in [0.29, 0.717) is 17.1 Å². The van der Waals surface area contributed by atoms with Crippen LogP contribution in [-0.4, -0.2) is 34.7 Å². The van der Waals surface area contributed by atoms with Crippen LogP contribution in [0.4, 0.5) is 0 Å². The van der Waals surface area contributed by atoms with Crippen molar-refractivity contribution in [1.82, 2.24) is 4.72 Å². The van der Waals surface area contributed by atoms with Crippen LogP contribution in [0.15, 0.2) is 18.2 Å². The molecule has 6 nitrogen and oxygen atoms in total. The number of nitrogens with one attached hydrogen (secondary N) is 1. The molecule has 22 heavy (non-hydrogen) atoms. The predicted molar refractivity (Wildman–Crippen MR) is 85.5 cm³/mol. The van der Waals surface area contributed by atoms with E-state index in [2.05, 4.69) is 4.72 Å². The van der Waals surface area contributed by atoms with E-state index in [4.69, 9.17) is 15.2 Å². The molecule has 2 rings (SSSR count). The van der Waals surface area contributed by atoms with Crippen LogP contribution < -0.4 is 19.9 Å². The number of benzene rings is 1. The Morgan fingerprint density at radius 1 is 1.18 bits per heavy atom. The van der Waals surface area contributed by atoms with Crippen LogP contribution >= 0.6 is 0 Å². The van der Waals surface area contributed by atoms with Gasteiger partial charge in [0.15, 0.2) is 0 Å². The van der Waals surface area contributed by atoms with E-state index in [-0.39, 0.29) is 17.8 Å². The molecule has 0 radical (unpaired) electrons. The maximum atomic E-state index is 12.5. The van der Waals surface area contributed by atoms with E-state index in [1.807, 2.05) is 0 Å². The number of methoxy groups -OCH3 is 2. The lowest BCUT2D eigenvalue weighted by molar-refractivity contribution is 0.360. The molecule has 0 amide bonds. The largest absolute Gasteiger partial charge is 0.496 e. The zero-order valence-corrected chi connectivity index (χ0v) is 13.9. The number of hydrogen-bond donors (Lipinski definition) is 2. The fourth-order valence-corrected chi connectivity index (χ4v) is 4.34. The second-order valence-corrected chi connectivity index (χ2v) is 7.33. The van der Waals surface area contributed by atoms with Crippen LogP contribution in [0.1, 0.15) is 31.2 Å². The van der Waals surface area contributed by atoms with Gasteiger partial charge in [0.2, 0.25) is 10.0 Å². The van der Waals surface area contributed by atoms with Gasteiger partial charge in [-0.2, -0.15) is 0 Å². The van der Waals surface area contributed by atoms with Crippen LogP contribution in [-0.2, 0) is 15.8 Å². The average Bonchev–Trinajstić information content (AvgIpc) is 2.49. The second-order valence-electron chi connectivity index (χ2n) is 5.57. The van der Waals surface area contributed by atoms with Gasteiger partial charge in [-0.3, -0.25) is 0 Å². The van der Waals surface area contributed by atoms with E-state index >= 15 is 0 Å². The maximum absolute atomic E-state index is 12.5.